The molecule has 1 saturated carbocycles. The summed E-state index contributed by atoms with van der Waals surface area (Å²) in [5.41, 5.74) is 1.24. The van der Waals surface area contributed by atoms with Crippen LogP contribution in [-0.2, 0) is 13.6 Å². The summed E-state index contributed by atoms with van der Waals surface area (Å²) in [6.07, 6.45) is 7.68. The zero-order valence-corrected chi connectivity index (χ0v) is 9.87. The molecule has 1 aromatic heterocycles. The average molecular weight is 228 g/mol. The highest BCUT2D eigenvalue weighted by molar-refractivity contribution is 6.20. The van der Waals surface area contributed by atoms with E-state index in [1.165, 1.54) is 24.8 Å². The fourth-order valence-corrected chi connectivity index (χ4v) is 2.56. The highest BCUT2D eigenvalue weighted by Crippen LogP contribution is 2.29. The van der Waals surface area contributed by atoms with Crippen molar-refractivity contribution in [3.8, 4) is 0 Å². The Morgan fingerprint density at radius 2 is 2.47 bits per heavy atom. The molecule has 0 spiro atoms. The lowest BCUT2D eigenvalue weighted by Gasteiger charge is -2.13. The first-order valence-electron chi connectivity index (χ1n) is 5.58. The number of nitrogens with zero attached hydrogens (tertiary/aromatic N) is 2. The monoisotopic (exact) mass is 227 g/mol. The molecule has 0 aromatic carbocycles. The number of nitrogens with one attached hydrogen (secondary N) is 1. The van der Waals surface area contributed by atoms with E-state index in [-0.39, 0.29) is 0 Å². The molecule has 1 fully saturated rings. The van der Waals surface area contributed by atoms with Crippen LogP contribution in [0.15, 0.2) is 12.4 Å². The van der Waals surface area contributed by atoms with Crippen LogP contribution in [0.4, 0.5) is 0 Å². The maximum absolute atomic E-state index is 6.21. The van der Waals surface area contributed by atoms with Crippen LogP contribution in [0.2, 0.25) is 0 Å². The first kappa shape index (κ1) is 11.0. The van der Waals surface area contributed by atoms with Crippen molar-refractivity contribution >= 4 is 11.6 Å². The molecule has 1 heterocycles. The Hall–Kier alpha value is -0.540. The highest BCUT2D eigenvalue weighted by atomic mass is 35.5. The summed E-state index contributed by atoms with van der Waals surface area (Å²) < 4.78 is 1.83. The molecule has 2 unspecified atom stereocenters. The minimum Gasteiger partial charge on any atom is -0.312 e. The fraction of sp³-hybridized carbons (Fsp3) is 0.727. The Bertz CT molecular complexity index is 311. The van der Waals surface area contributed by atoms with Gasteiger partial charge in [0.25, 0.3) is 0 Å². The lowest BCUT2D eigenvalue weighted by atomic mass is 10.1. The second-order valence-corrected chi connectivity index (χ2v) is 4.92. The predicted octanol–water partition coefficient (Wildman–Crippen LogP) is 1.92. The highest BCUT2D eigenvalue weighted by Gasteiger charge is 2.24. The van der Waals surface area contributed by atoms with Crippen molar-refractivity contribution in [2.24, 2.45) is 13.0 Å². The van der Waals surface area contributed by atoms with Crippen molar-refractivity contribution in [3.63, 3.8) is 0 Å². The van der Waals surface area contributed by atoms with Crippen molar-refractivity contribution in [3.05, 3.63) is 18.0 Å². The Kier molecular flexibility index (Phi) is 3.65. The van der Waals surface area contributed by atoms with Crippen LogP contribution in [0.1, 0.15) is 24.8 Å². The van der Waals surface area contributed by atoms with Crippen LogP contribution >= 0.6 is 11.6 Å². The standard InChI is InChI=1S/C11H18ClN3/c1-15-8-9(6-14-15)5-13-7-10-3-2-4-11(10)12/h6,8,10-11,13H,2-5,7H2,1H3. The van der Waals surface area contributed by atoms with Gasteiger partial charge in [-0.3, -0.25) is 4.68 Å². The topological polar surface area (TPSA) is 29.9 Å². The van der Waals surface area contributed by atoms with Crippen LogP contribution in [0, 0.1) is 5.92 Å². The van der Waals surface area contributed by atoms with E-state index in [4.69, 9.17) is 11.6 Å². The summed E-state index contributed by atoms with van der Waals surface area (Å²) in [5.74, 6) is 0.656. The van der Waals surface area contributed by atoms with Gasteiger partial charge in [-0.25, -0.2) is 0 Å². The summed E-state index contributed by atoms with van der Waals surface area (Å²) >= 11 is 6.21. The fourth-order valence-electron chi connectivity index (χ4n) is 2.19. The number of aromatic nitrogens is 2. The zero-order chi connectivity index (χ0) is 10.7. The van der Waals surface area contributed by atoms with Crippen molar-refractivity contribution < 1.29 is 0 Å². The van der Waals surface area contributed by atoms with Gasteiger partial charge in [0.2, 0.25) is 0 Å². The van der Waals surface area contributed by atoms with Gasteiger partial charge in [0.1, 0.15) is 0 Å². The van der Waals surface area contributed by atoms with E-state index in [0.29, 0.717) is 11.3 Å². The van der Waals surface area contributed by atoms with Crippen LogP contribution in [0.25, 0.3) is 0 Å². The lowest BCUT2D eigenvalue weighted by Crippen LogP contribution is -2.25. The lowest BCUT2D eigenvalue weighted by molar-refractivity contribution is 0.494. The Balaban J connectivity index is 1.70. The molecule has 0 amide bonds. The number of hydrogen-bond acceptors (Lipinski definition) is 2. The van der Waals surface area contributed by atoms with Gasteiger partial charge in [0.15, 0.2) is 0 Å². The average Bonchev–Trinajstić information content (AvgIpc) is 2.77. The van der Waals surface area contributed by atoms with Crippen molar-refractivity contribution in [2.45, 2.75) is 31.2 Å². The van der Waals surface area contributed by atoms with Crippen LogP contribution in [-0.4, -0.2) is 21.7 Å². The molecular formula is C11H18ClN3. The molecule has 1 aromatic rings. The predicted molar refractivity (Wildman–Crippen MR) is 61.9 cm³/mol. The second-order valence-electron chi connectivity index (χ2n) is 4.36. The maximum atomic E-state index is 6.21. The van der Waals surface area contributed by atoms with Gasteiger partial charge in [-0.15, -0.1) is 11.6 Å². The van der Waals surface area contributed by atoms with E-state index in [9.17, 15) is 0 Å². The van der Waals surface area contributed by atoms with E-state index in [0.717, 1.165) is 13.1 Å². The quantitative estimate of drug-likeness (QED) is 0.797. The summed E-state index contributed by atoms with van der Waals surface area (Å²) in [4.78, 5) is 0. The molecular weight excluding hydrogens is 210 g/mol. The van der Waals surface area contributed by atoms with E-state index >= 15 is 0 Å². The molecule has 2 atom stereocenters. The van der Waals surface area contributed by atoms with Crippen molar-refractivity contribution in [2.75, 3.05) is 6.54 Å². The van der Waals surface area contributed by atoms with Crippen LogP contribution in [0.5, 0.6) is 0 Å². The zero-order valence-electron chi connectivity index (χ0n) is 9.12. The minimum atomic E-state index is 0.381. The normalized spacial score (nSPS) is 26.0. The van der Waals surface area contributed by atoms with Gasteiger partial charge in [0, 0.05) is 30.7 Å². The van der Waals surface area contributed by atoms with Crippen LogP contribution < -0.4 is 5.32 Å². The van der Waals surface area contributed by atoms with E-state index in [1.807, 2.05) is 24.1 Å². The summed E-state index contributed by atoms with van der Waals surface area (Å²) in [6.45, 7) is 1.93. The molecule has 2 rings (SSSR count). The molecule has 4 heteroatoms. The summed E-state index contributed by atoms with van der Waals surface area (Å²) in [6, 6.07) is 0. The van der Waals surface area contributed by atoms with E-state index in [1.54, 1.807) is 0 Å². The molecule has 1 aliphatic carbocycles. The third-order valence-electron chi connectivity index (χ3n) is 3.06. The number of hydrogen-bond donors (Lipinski definition) is 1. The molecule has 3 nitrogen and oxygen atoms in total. The molecule has 1 aliphatic rings. The van der Waals surface area contributed by atoms with Gasteiger partial charge >= 0.3 is 0 Å². The van der Waals surface area contributed by atoms with Gasteiger partial charge in [-0.2, -0.15) is 5.10 Å². The van der Waals surface area contributed by atoms with Gasteiger partial charge in [-0.1, -0.05) is 6.42 Å². The largest absolute Gasteiger partial charge is 0.312 e. The molecule has 0 bridgehead atoms. The van der Waals surface area contributed by atoms with E-state index < -0.39 is 0 Å². The number of rotatable bonds is 4. The molecule has 1 N–H and O–H groups in total. The van der Waals surface area contributed by atoms with Gasteiger partial charge in [-0.05, 0) is 25.3 Å². The SMILES string of the molecule is Cn1cc(CNCC2CCCC2Cl)cn1. The summed E-state index contributed by atoms with van der Waals surface area (Å²) in [5, 5.41) is 7.96. The van der Waals surface area contributed by atoms with Crippen molar-refractivity contribution in [1.29, 1.82) is 0 Å². The summed E-state index contributed by atoms with van der Waals surface area (Å²) in [7, 11) is 1.94. The number of halogens is 1. The smallest absolute Gasteiger partial charge is 0.0534 e. The third kappa shape index (κ3) is 2.95. The number of alkyl halides is 1. The second kappa shape index (κ2) is 4.99. The minimum absolute atomic E-state index is 0.381. The van der Waals surface area contributed by atoms with Gasteiger partial charge < -0.3 is 5.32 Å². The van der Waals surface area contributed by atoms with Crippen molar-refractivity contribution in [1.82, 2.24) is 15.1 Å². The molecule has 0 saturated heterocycles. The molecule has 0 radical (unpaired) electrons. The first-order chi connectivity index (χ1) is 7.25. The third-order valence-corrected chi connectivity index (χ3v) is 3.63. The Morgan fingerprint density at radius 1 is 1.60 bits per heavy atom. The van der Waals surface area contributed by atoms with E-state index in [2.05, 4.69) is 10.4 Å². The molecule has 84 valence electrons. The Morgan fingerprint density at radius 3 is 3.07 bits per heavy atom. The first-order valence-corrected chi connectivity index (χ1v) is 6.01. The maximum Gasteiger partial charge on any atom is 0.0534 e. The molecule has 0 aliphatic heterocycles. The molecule has 15 heavy (non-hydrogen) atoms. The Labute approximate surface area is 95.8 Å². The van der Waals surface area contributed by atoms with Gasteiger partial charge in [0.05, 0.1) is 6.20 Å². The van der Waals surface area contributed by atoms with Crippen LogP contribution in [0.3, 0.4) is 0 Å². The number of aryl methyl sites for hydroxylation is 1.